The lowest BCUT2D eigenvalue weighted by molar-refractivity contribution is -0.137. The van der Waals surface area contributed by atoms with Gasteiger partial charge >= 0.3 is 5.97 Å². The molecular formula is C17H21BrO4. The Balaban J connectivity index is 1.98. The summed E-state index contributed by atoms with van der Waals surface area (Å²) >= 11 is 3.51. The molecule has 1 unspecified atom stereocenters. The molecule has 120 valence electrons. The molecular weight excluding hydrogens is 348 g/mol. The molecule has 0 aliphatic heterocycles. The van der Waals surface area contributed by atoms with Crippen molar-refractivity contribution in [3.8, 4) is 11.5 Å². The van der Waals surface area contributed by atoms with Crippen molar-refractivity contribution in [1.29, 1.82) is 0 Å². The van der Waals surface area contributed by atoms with Gasteiger partial charge in [-0.15, -0.1) is 0 Å². The second-order valence-electron chi connectivity index (χ2n) is 6.24. The first kappa shape index (κ1) is 15.7. The summed E-state index contributed by atoms with van der Waals surface area (Å²) in [6.45, 7) is 0. The zero-order chi connectivity index (χ0) is 15.7. The Labute approximate surface area is 138 Å². The van der Waals surface area contributed by atoms with Crippen LogP contribution in [0.4, 0.5) is 0 Å². The SMILES string of the molecule is COc1cc(Br)cc(C(CC(=O)O)C2CC2)c1OC1CCC1. The van der Waals surface area contributed by atoms with Crippen LogP contribution in [0.25, 0.3) is 0 Å². The van der Waals surface area contributed by atoms with Crippen LogP contribution in [0.1, 0.15) is 50.0 Å². The number of benzene rings is 1. The summed E-state index contributed by atoms with van der Waals surface area (Å²) in [6.07, 6.45) is 5.88. The van der Waals surface area contributed by atoms with E-state index < -0.39 is 5.97 Å². The summed E-state index contributed by atoms with van der Waals surface area (Å²) < 4.78 is 12.5. The number of aliphatic carboxylic acids is 1. The van der Waals surface area contributed by atoms with Crippen molar-refractivity contribution < 1.29 is 19.4 Å². The van der Waals surface area contributed by atoms with Gasteiger partial charge in [0.1, 0.15) is 0 Å². The Kier molecular flexibility index (Phi) is 4.62. The van der Waals surface area contributed by atoms with Crippen LogP contribution in [-0.2, 0) is 4.79 Å². The summed E-state index contributed by atoms with van der Waals surface area (Å²) in [7, 11) is 1.63. The average molecular weight is 369 g/mol. The second-order valence-corrected chi connectivity index (χ2v) is 7.15. The van der Waals surface area contributed by atoms with E-state index in [9.17, 15) is 9.90 Å². The number of carboxylic acids is 1. The molecule has 0 heterocycles. The van der Waals surface area contributed by atoms with E-state index in [0.29, 0.717) is 11.7 Å². The van der Waals surface area contributed by atoms with E-state index >= 15 is 0 Å². The smallest absolute Gasteiger partial charge is 0.303 e. The zero-order valence-electron chi connectivity index (χ0n) is 12.7. The summed E-state index contributed by atoms with van der Waals surface area (Å²) in [5, 5.41) is 9.26. The van der Waals surface area contributed by atoms with E-state index in [-0.39, 0.29) is 18.4 Å². The lowest BCUT2D eigenvalue weighted by Crippen LogP contribution is -2.26. The van der Waals surface area contributed by atoms with Gasteiger partial charge in [-0.05, 0) is 50.2 Å². The molecule has 2 saturated carbocycles. The molecule has 1 atom stereocenters. The van der Waals surface area contributed by atoms with Crippen molar-refractivity contribution in [3.63, 3.8) is 0 Å². The molecule has 5 heteroatoms. The first-order valence-electron chi connectivity index (χ1n) is 7.84. The van der Waals surface area contributed by atoms with E-state index in [4.69, 9.17) is 9.47 Å². The number of ether oxygens (including phenoxy) is 2. The van der Waals surface area contributed by atoms with Crippen LogP contribution in [0.5, 0.6) is 11.5 Å². The summed E-state index contributed by atoms with van der Waals surface area (Å²) in [4.78, 5) is 11.3. The quantitative estimate of drug-likeness (QED) is 0.776. The molecule has 2 aliphatic carbocycles. The third-order valence-electron chi connectivity index (χ3n) is 4.59. The highest BCUT2D eigenvalue weighted by molar-refractivity contribution is 9.10. The summed E-state index contributed by atoms with van der Waals surface area (Å²) in [6, 6.07) is 3.89. The Morgan fingerprint density at radius 3 is 2.59 bits per heavy atom. The van der Waals surface area contributed by atoms with Gasteiger partial charge in [-0.3, -0.25) is 4.79 Å². The molecule has 4 nitrogen and oxygen atoms in total. The highest BCUT2D eigenvalue weighted by Crippen LogP contribution is 2.50. The first-order valence-corrected chi connectivity index (χ1v) is 8.63. The lowest BCUT2D eigenvalue weighted by Gasteiger charge is -2.30. The molecule has 0 saturated heterocycles. The number of rotatable bonds is 7. The van der Waals surface area contributed by atoms with Gasteiger partial charge in [-0.1, -0.05) is 15.9 Å². The van der Waals surface area contributed by atoms with E-state index in [1.54, 1.807) is 7.11 Å². The van der Waals surface area contributed by atoms with Crippen LogP contribution in [-0.4, -0.2) is 24.3 Å². The van der Waals surface area contributed by atoms with Crippen molar-refractivity contribution in [2.24, 2.45) is 5.92 Å². The fourth-order valence-corrected chi connectivity index (χ4v) is 3.47. The van der Waals surface area contributed by atoms with Gasteiger partial charge in [0.05, 0.1) is 19.6 Å². The lowest BCUT2D eigenvalue weighted by atomic mass is 9.89. The van der Waals surface area contributed by atoms with Crippen LogP contribution >= 0.6 is 15.9 Å². The zero-order valence-corrected chi connectivity index (χ0v) is 14.3. The minimum Gasteiger partial charge on any atom is -0.493 e. The Bertz CT molecular complexity index is 564. The Morgan fingerprint density at radius 1 is 1.36 bits per heavy atom. The number of carbonyl (C=O) groups is 1. The molecule has 0 amide bonds. The van der Waals surface area contributed by atoms with Crippen LogP contribution in [0.3, 0.4) is 0 Å². The van der Waals surface area contributed by atoms with Crippen LogP contribution in [0.2, 0.25) is 0 Å². The Hall–Kier alpha value is -1.23. The van der Waals surface area contributed by atoms with E-state index in [1.165, 1.54) is 6.42 Å². The largest absolute Gasteiger partial charge is 0.493 e. The second kappa shape index (κ2) is 6.49. The third-order valence-corrected chi connectivity index (χ3v) is 5.05. The Morgan fingerprint density at radius 2 is 2.09 bits per heavy atom. The highest BCUT2D eigenvalue weighted by atomic mass is 79.9. The van der Waals surface area contributed by atoms with Crippen molar-refractivity contribution in [1.82, 2.24) is 0 Å². The van der Waals surface area contributed by atoms with Gasteiger partial charge in [0, 0.05) is 16.0 Å². The van der Waals surface area contributed by atoms with E-state index in [1.807, 2.05) is 12.1 Å². The number of hydrogen-bond acceptors (Lipinski definition) is 3. The van der Waals surface area contributed by atoms with Crippen LogP contribution in [0.15, 0.2) is 16.6 Å². The molecule has 22 heavy (non-hydrogen) atoms. The van der Waals surface area contributed by atoms with Crippen LogP contribution < -0.4 is 9.47 Å². The average Bonchev–Trinajstić information content (AvgIpc) is 3.24. The summed E-state index contributed by atoms with van der Waals surface area (Å²) in [5.74, 6) is 1.11. The van der Waals surface area contributed by atoms with Gasteiger partial charge < -0.3 is 14.6 Å². The summed E-state index contributed by atoms with van der Waals surface area (Å²) in [5.41, 5.74) is 0.975. The fraction of sp³-hybridized carbons (Fsp3) is 0.588. The van der Waals surface area contributed by atoms with Crippen molar-refractivity contribution in [2.75, 3.05) is 7.11 Å². The van der Waals surface area contributed by atoms with Gasteiger partial charge in [0.25, 0.3) is 0 Å². The minimum atomic E-state index is -0.759. The monoisotopic (exact) mass is 368 g/mol. The maximum atomic E-state index is 11.3. The first-order chi connectivity index (χ1) is 10.6. The number of carboxylic acid groups (broad SMARTS) is 1. The number of hydrogen-bond donors (Lipinski definition) is 1. The van der Waals surface area contributed by atoms with Gasteiger partial charge in [-0.2, -0.15) is 0 Å². The predicted octanol–water partition coefficient (Wildman–Crippen LogP) is 4.36. The highest BCUT2D eigenvalue weighted by Gasteiger charge is 2.37. The molecule has 2 aliphatic rings. The molecule has 0 bridgehead atoms. The molecule has 0 radical (unpaired) electrons. The molecule has 1 aromatic rings. The third kappa shape index (κ3) is 3.40. The fourth-order valence-electron chi connectivity index (χ4n) is 3.01. The molecule has 3 rings (SSSR count). The van der Waals surface area contributed by atoms with Crippen molar-refractivity contribution in [2.45, 2.75) is 50.5 Å². The molecule has 1 aromatic carbocycles. The molecule has 0 spiro atoms. The van der Waals surface area contributed by atoms with Gasteiger partial charge in [0.15, 0.2) is 11.5 Å². The number of halogens is 1. The maximum Gasteiger partial charge on any atom is 0.303 e. The molecule has 2 fully saturated rings. The van der Waals surface area contributed by atoms with E-state index in [2.05, 4.69) is 15.9 Å². The van der Waals surface area contributed by atoms with Gasteiger partial charge in [0.2, 0.25) is 0 Å². The number of methoxy groups -OCH3 is 1. The van der Waals surface area contributed by atoms with Crippen molar-refractivity contribution in [3.05, 3.63) is 22.2 Å². The van der Waals surface area contributed by atoms with E-state index in [0.717, 1.165) is 41.5 Å². The predicted molar refractivity (Wildman–Crippen MR) is 86.7 cm³/mol. The normalized spacial score (nSPS) is 19.4. The topological polar surface area (TPSA) is 55.8 Å². The standard InChI is InChI=1S/C17H21BrO4/c1-21-15-8-11(18)7-14(17(15)22-12-3-2-4-12)13(9-16(19)20)10-5-6-10/h7-8,10,12-13H,2-6,9H2,1H3,(H,19,20). The minimum absolute atomic E-state index is 0.000948. The molecule has 1 N–H and O–H groups in total. The van der Waals surface area contributed by atoms with Crippen molar-refractivity contribution >= 4 is 21.9 Å². The van der Waals surface area contributed by atoms with Gasteiger partial charge in [-0.25, -0.2) is 0 Å². The maximum absolute atomic E-state index is 11.3. The van der Waals surface area contributed by atoms with Crippen LogP contribution in [0, 0.1) is 5.92 Å². The molecule has 0 aromatic heterocycles.